The number of aromatic amines is 1. The number of nitrogens with zero attached hydrogens (tertiary/aromatic N) is 1. The topological polar surface area (TPSA) is 101 Å². The number of rotatable bonds is 7. The summed E-state index contributed by atoms with van der Waals surface area (Å²) in [5.74, 6) is -0.205. The number of ether oxygens (including phenoxy) is 1. The number of hydrogen-bond acceptors (Lipinski definition) is 5. The molecule has 1 aromatic heterocycles. The van der Waals surface area contributed by atoms with Crippen LogP contribution in [-0.2, 0) is 27.2 Å². The first-order valence-electron chi connectivity index (χ1n) is 10.6. The van der Waals surface area contributed by atoms with Gasteiger partial charge in [0.2, 0.25) is 0 Å². The van der Waals surface area contributed by atoms with Crippen molar-refractivity contribution in [2.24, 2.45) is 0 Å². The first-order valence-corrected chi connectivity index (χ1v) is 10.6. The molecular weight excluding hydrogens is 394 g/mol. The molecule has 4 rings (SSSR count). The molecule has 0 unspecified atom stereocenters. The summed E-state index contributed by atoms with van der Waals surface area (Å²) in [6, 6.07) is 15.2. The Morgan fingerprint density at radius 3 is 2.84 bits per heavy atom. The second kappa shape index (κ2) is 9.55. The fourth-order valence-electron chi connectivity index (χ4n) is 4.01. The highest BCUT2D eigenvalue weighted by Gasteiger charge is 2.21. The average molecular weight is 419 g/mol. The summed E-state index contributed by atoms with van der Waals surface area (Å²) in [7, 11) is 0. The van der Waals surface area contributed by atoms with Crippen molar-refractivity contribution in [1.82, 2.24) is 15.3 Å². The maximum absolute atomic E-state index is 12.2. The SMILES string of the molecule is O=C(COC(=O)CCCc1nc2ccccc2c(=O)[nH]1)N[C@H]1CCCc2ccccc21. The van der Waals surface area contributed by atoms with E-state index >= 15 is 0 Å². The lowest BCUT2D eigenvalue weighted by molar-refractivity contribution is -0.148. The van der Waals surface area contributed by atoms with E-state index in [1.807, 2.05) is 24.3 Å². The Morgan fingerprint density at radius 2 is 1.94 bits per heavy atom. The van der Waals surface area contributed by atoms with Gasteiger partial charge in [-0.05, 0) is 48.9 Å². The number of carbonyl (C=O) groups is 2. The van der Waals surface area contributed by atoms with Crippen LogP contribution in [0.25, 0.3) is 10.9 Å². The molecular formula is C24H25N3O4. The molecule has 0 spiro atoms. The Bertz CT molecular complexity index is 1150. The molecule has 1 heterocycles. The number of amides is 1. The van der Waals surface area contributed by atoms with Gasteiger partial charge in [0.05, 0.1) is 16.9 Å². The molecule has 1 atom stereocenters. The zero-order valence-corrected chi connectivity index (χ0v) is 17.2. The third kappa shape index (κ3) is 5.17. The molecule has 1 aliphatic rings. The van der Waals surface area contributed by atoms with Crippen LogP contribution in [0, 0.1) is 0 Å². The summed E-state index contributed by atoms with van der Waals surface area (Å²) in [5, 5.41) is 3.51. The van der Waals surface area contributed by atoms with Crippen molar-refractivity contribution in [2.75, 3.05) is 6.61 Å². The van der Waals surface area contributed by atoms with Crippen LogP contribution in [0.1, 0.15) is 48.7 Å². The summed E-state index contributed by atoms with van der Waals surface area (Å²) >= 11 is 0. The van der Waals surface area contributed by atoms with Gasteiger partial charge in [-0.1, -0.05) is 36.4 Å². The van der Waals surface area contributed by atoms with Crippen molar-refractivity contribution in [3.63, 3.8) is 0 Å². The van der Waals surface area contributed by atoms with Gasteiger partial charge < -0.3 is 15.0 Å². The monoisotopic (exact) mass is 419 g/mol. The second-order valence-electron chi connectivity index (χ2n) is 7.76. The van der Waals surface area contributed by atoms with E-state index in [4.69, 9.17) is 4.74 Å². The molecule has 0 radical (unpaired) electrons. The summed E-state index contributed by atoms with van der Waals surface area (Å²) < 4.78 is 5.12. The first-order chi connectivity index (χ1) is 15.1. The minimum absolute atomic E-state index is 0.0352. The molecule has 0 saturated carbocycles. The highest BCUT2D eigenvalue weighted by Crippen LogP contribution is 2.29. The van der Waals surface area contributed by atoms with Gasteiger partial charge in [-0.25, -0.2) is 4.98 Å². The first kappa shape index (κ1) is 20.8. The van der Waals surface area contributed by atoms with E-state index < -0.39 is 5.97 Å². The molecule has 2 N–H and O–H groups in total. The van der Waals surface area contributed by atoms with Crippen LogP contribution in [0.3, 0.4) is 0 Å². The summed E-state index contributed by atoms with van der Waals surface area (Å²) in [6.07, 6.45) is 3.99. The smallest absolute Gasteiger partial charge is 0.306 e. The maximum Gasteiger partial charge on any atom is 0.306 e. The Labute approximate surface area is 179 Å². The number of hydrogen-bond donors (Lipinski definition) is 2. The van der Waals surface area contributed by atoms with Crippen molar-refractivity contribution in [2.45, 2.75) is 44.6 Å². The van der Waals surface area contributed by atoms with Gasteiger partial charge in [-0.3, -0.25) is 14.4 Å². The highest BCUT2D eigenvalue weighted by molar-refractivity contribution is 5.81. The lowest BCUT2D eigenvalue weighted by Gasteiger charge is -2.26. The molecule has 0 saturated heterocycles. The number of nitrogens with one attached hydrogen (secondary N) is 2. The van der Waals surface area contributed by atoms with Crippen molar-refractivity contribution < 1.29 is 14.3 Å². The summed E-state index contributed by atoms with van der Waals surface area (Å²) in [5.41, 5.74) is 2.84. The minimum atomic E-state index is -0.442. The third-order valence-electron chi connectivity index (χ3n) is 5.53. The van der Waals surface area contributed by atoms with Gasteiger partial charge in [0.15, 0.2) is 6.61 Å². The third-order valence-corrected chi connectivity index (χ3v) is 5.53. The molecule has 7 nitrogen and oxygen atoms in total. The molecule has 3 aromatic rings. The Balaban J connectivity index is 1.22. The van der Waals surface area contributed by atoms with Crippen LogP contribution in [0.15, 0.2) is 53.3 Å². The van der Waals surface area contributed by atoms with Gasteiger partial charge in [-0.15, -0.1) is 0 Å². The highest BCUT2D eigenvalue weighted by atomic mass is 16.5. The molecule has 0 bridgehead atoms. The van der Waals surface area contributed by atoms with Gasteiger partial charge in [-0.2, -0.15) is 0 Å². The Kier molecular flexibility index (Phi) is 6.40. The van der Waals surface area contributed by atoms with Gasteiger partial charge in [0.25, 0.3) is 11.5 Å². The number of aromatic nitrogens is 2. The van der Waals surface area contributed by atoms with E-state index in [9.17, 15) is 14.4 Å². The molecule has 31 heavy (non-hydrogen) atoms. The van der Waals surface area contributed by atoms with Crippen LogP contribution >= 0.6 is 0 Å². The lowest BCUT2D eigenvalue weighted by atomic mass is 9.88. The van der Waals surface area contributed by atoms with Crippen molar-refractivity contribution in [3.05, 3.63) is 75.8 Å². The number of aryl methyl sites for hydroxylation is 2. The lowest BCUT2D eigenvalue weighted by Crippen LogP contribution is -2.34. The van der Waals surface area contributed by atoms with Crippen LogP contribution in [0.4, 0.5) is 0 Å². The predicted octanol–water partition coefficient (Wildman–Crippen LogP) is 2.98. The van der Waals surface area contributed by atoms with Gasteiger partial charge in [0.1, 0.15) is 5.82 Å². The van der Waals surface area contributed by atoms with Crippen LogP contribution < -0.4 is 10.9 Å². The molecule has 7 heteroatoms. The van der Waals surface area contributed by atoms with E-state index in [-0.39, 0.29) is 30.5 Å². The van der Waals surface area contributed by atoms with Crippen molar-refractivity contribution in [1.29, 1.82) is 0 Å². The number of benzene rings is 2. The van der Waals surface area contributed by atoms with Crippen LogP contribution in [0.2, 0.25) is 0 Å². The normalized spacial score (nSPS) is 15.3. The number of esters is 1. The Morgan fingerprint density at radius 1 is 1.13 bits per heavy atom. The summed E-state index contributed by atoms with van der Waals surface area (Å²) in [6.45, 7) is -0.289. The second-order valence-corrected chi connectivity index (χ2v) is 7.76. The molecule has 1 amide bonds. The zero-order chi connectivity index (χ0) is 21.6. The number of para-hydroxylation sites is 1. The number of fused-ring (bicyclic) bond motifs is 2. The molecule has 0 aliphatic heterocycles. The van der Waals surface area contributed by atoms with E-state index in [1.54, 1.807) is 18.2 Å². The molecule has 1 aliphatic carbocycles. The van der Waals surface area contributed by atoms with Gasteiger partial charge >= 0.3 is 5.97 Å². The molecule has 0 fully saturated rings. The average Bonchev–Trinajstić information content (AvgIpc) is 2.78. The molecule has 2 aromatic carbocycles. The van der Waals surface area contributed by atoms with Crippen molar-refractivity contribution >= 4 is 22.8 Å². The largest absolute Gasteiger partial charge is 0.456 e. The van der Waals surface area contributed by atoms with Gasteiger partial charge in [0, 0.05) is 12.8 Å². The van der Waals surface area contributed by atoms with E-state index in [1.165, 1.54) is 5.56 Å². The van der Waals surface area contributed by atoms with E-state index in [2.05, 4.69) is 21.4 Å². The minimum Gasteiger partial charge on any atom is -0.456 e. The summed E-state index contributed by atoms with van der Waals surface area (Å²) in [4.78, 5) is 43.5. The predicted molar refractivity (Wildman–Crippen MR) is 117 cm³/mol. The standard InChI is InChI=1S/C24H25N3O4/c28-22(26-19-12-5-8-16-7-1-2-9-17(16)19)15-31-23(29)14-6-13-21-25-20-11-4-3-10-18(20)24(30)27-21/h1-4,7,9-11,19H,5-6,8,12-15H2,(H,26,28)(H,25,27,30)/t19-/m0/s1. The fourth-order valence-corrected chi connectivity index (χ4v) is 4.01. The number of H-pyrrole nitrogens is 1. The maximum atomic E-state index is 12.2. The van der Waals surface area contributed by atoms with Crippen molar-refractivity contribution in [3.8, 4) is 0 Å². The van der Waals surface area contributed by atoms with Crippen LogP contribution in [0.5, 0.6) is 0 Å². The van der Waals surface area contributed by atoms with E-state index in [0.717, 1.165) is 24.8 Å². The molecule has 160 valence electrons. The number of carbonyl (C=O) groups excluding carboxylic acids is 2. The zero-order valence-electron chi connectivity index (χ0n) is 17.2. The fraction of sp³-hybridized carbons (Fsp3) is 0.333. The van der Waals surface area contributed by atoms with Crippen LogP contribution in [-0.4, -0.2) is 28.5 Å². The Hall–Kier alpha value is -3.48. The quantitative estimate of drug-likeness (QED) is 0.574. The van der Waals surface area contributed by atoms with E-state index in [0.29, 0.717) is 29.6 Å².